The highest BCUT2D eigenvalue weighted by Gasteiger charge is 2.32. The highest BCUT2D eigenvalue weighted by molar-refractivity contribution is 7.07. The maximum Gasteiger partial charge on any atom is 0.330 e. The van der Waals surface area contributed by atoms with Crippen molar-refractivity contribution in [1.29, 1.82) is 0 Å². The van der Waals surface area contributed by atoms with Crippen LogP contribution in [0.5, 0.6) is 0 Å². The highest BCUT2D eigenvalue weighted by Crippen LogP contribution is 2.28. The summed E-state index contributed by atoms with van der Waals surface area (Å²) in [5.74, 6) is 0.507. The average molecular weight is 412 g/mol. The van der Waals surface area contributed by atoms with E-state index >= 15 is 0 Å². The number of rotatable bonds is 4. The van der Waals surface area contributed by atoms with Crippen LogP contribution < -0.4 is 5.69 Å². The molecule has 4 heterocycles. The van der Waals surface area contributed by atoms with Crippen LogP contribution in [0.2, 0.25) is 0 Å². The summed E-state index contributed by atoms with van der Waals surface area (Å²) in [6, 6.07) is 3.85. The normalized spacial score (nSPS) is 20.6. The van der Waals surface area contributed by atoms with Gasteiger partial charge in [-0.15, -0.1) is 11.3 Å². The van der Waals surface area contributed by atoms with E-state index in [0.717, 1.165) is 24.1 Å². The van der Waals surface area contributed by atoms with Crippen LogP contribution >= 0.6 is 11.3 Å². The maximum atomic E-state index is 13.4. The summed E-state index contributed by atoms with van der Waals surface area (Å²) in [7, 11) is 0. The number of hydrogen-bond donors (Lipinski definition) is 0. The first-order valence-electron chi connectivity index (χ1n) is 10.5. The second kappa shape index (κ2) is 7.74. The Hall–Kier alpha value is -2.48. The zero-order chi connectivity index (χ0) is 19.8. The quantitative estimate of drug-likeness (QED) is 0.660. The number of carbonyl (C=O) groups is 1. The number of aromatic nitrogens is 4. The van der Waals surface area contributed by atoms with Crippen LogP contribution in [0, 0.1) is 5.92 Å². The van der Waals surface area contributed by atoms with Crippen LogP contribution in [0.4, 0.5) is 0 Å². The van der Waals surface area contributed by atoms with E-state index in [9.17, 15) is 9.59 Å². The number of amides is 1. The van der Waals surface area contributed by atoms with Crippen molar-refractivity contribution in [2.75, 3.05) is 13.1 Å². The third kappa shape index (κ3) is 3.39. The molecule has 0 unspecified atom stereocenters. The molecule has 0 spiro atoms. The van der Waals surface area contributed by atoms with Crippen molar-refractivity contribution < 1.29 is 4.79 Å². The summed E-state index contributed by atoms with van der Waals surface area (Å²) in [5.41, 5.74) is 3.82. The van der Waals surface area contributed by atoms with Crippen molar-refractivity contribution in [3.63, 3.8) is 0 Å². The summed E-state index contributed by atoms with van der Waals surface area (Å²) in [6.45, 7) is 1.92. The third-order valence-electron chi connectivity index (χ3n) is 6.35. The van der Waals surface area contributed by atoms with Crippen LogP contribution in [-0.4, -0.2) is 43.0 Å². The molecule has 1 saturated heterocycles. The fraction of sp³-hybridized carbons (Fsp3) is 0.524. The third-order valence-corrected chi connectivity index (χ3v) is 6.94. The van der Waals surface area contributed by atoms with Crippen molar-refractivity contribution in [1.82, 2.24) is 24.0 Å². The molecule has 0 aromatic carbocycles. The molecule has 1 aliphatic heterocycles. The predicted molar refractivity (Wildman–Crippen MR) is 112 cm³/mol. The number of pyridine rings is 1. The van der Waals surface area contributed by atoms with Crippen LogP contribution in [0.15, 0.2) is 34.0 Å². The Morgan fingerprint density at radius 1 is 1.17 bits per heavy atom. The van der Waals surface area contributed by atoms with E-state index in [2.05, 4.69) is 9.97 Å². The molecule has 5 rings (SSSR count). The summed E-state index contributed by atoms with van der Waals surface area (Å²) >= 11 is 1.42. The van der Waals surface area contributed by atoms with E-state index in [-0.39, 0.29) is 17.6 Å². The zero-order valence-electron chi connectivity index (χ0n) is 16.4. The van der Waals surface area contributed by atoms with Crippen molar-refractivity contribution in [2.45, 2.75) is 51.1 Å². The smallest absolute Gasteiger partial charge is 0.330 e. The van der Waals surface area contributed by atoms with Crippen LogP contribution in [0.3, 0.4) is 0 Å². The molecule has 1 aliphatic carbocycles. The Kier molecular flexibility index (Phi) is 4.95. The fourth-order valence-electron chi connectivity index (χ4n) is 4.86. The Labute approximate surface area is 173 Å². The van der Waals surface area contributed by atoms with Gasteiger partial charge in [0, 0.05) is 31.2 Å². The Bertz CT molecular complexity index is 1060. The van der Waals surface area contributed by atoms with Crippen LogP contribution in [0.1, 0.15) is 55.1 Å². The molecule has 0 bridgehead atoms. The summed E-state index contributed by atoms with van der Waals surface area (Å²) in [4.78, 5) is 36.6. The number of fused-ring (bicyclic) bond motifs is 1. The lowest BCUT2D eigenvalue weighted by Crippen LogP contribution is -2.33. The lowest BCUT2D eigenvalue weighted by Gasteiger charge is -2.21. The highest BCUT2D eigenvalue weighted by atomic mass is 32.1. The van der Waals surface area contributed by atoms with Gasteiger partial charge in [-0.05, 0) is 37.3 Å². The Balaban J connectivity index is 1.45. The van der Waals surface area contributed by atoms with Gasteiger partial charge < -0.3 is 4.90 Å². The molecule has 152 valence electrons. The molecule has 2 aliphatic rings. The molecule has 0 radical (unpaired) electrons. The lowest BCUT2D eigenvalue weighted by molar-refractivity contribution is 0.0782. The van der Waals surface area contributed by atoms with E-state index in [4.69, 9.17) is 0 Å². The van der Waals surface area contributed by atoms with Gasteiger partial charge in [-0.1, -0.05) is 19.3 Å². The molecule has 7 nitrogen and oxygen atoms in total. The van der Waals surface area contributed by atoms with Crippen LogP contribution in [-0.2, 0) is 6.54 Å². The molecular weight excluding hydrogens is 386 g/mol. The van der Waals surface area contributed by atoms with E-state index < -0.39 is 0 Å². The summed E-state index contributed by atoms with van der Waals surface area (Å²) in [5, 5.41) is 1.78. The minimum atomic E-state index is -0.0549. The molecule has 1 amide bonds. The first-order valence-corrected chi connectivity index (χ1v) is 11.4. The Morgan fingerprint density at radius 3 is 2.83 bits per heavy atom. The minimum Gasteiger partial charge on any atom is -0.335 e. The number of likely N-dealkylation sites (tertiary alicyclic amines) is 1. The summed E-state index contributed by atoms with van der Waals surface area (Å²) < 4.78 is 3.75. The molecule has 1 atom stereocenters. The minimum absolute atomic E-state index is 0.0113. The van der Waals surface area contributed by atoms with Gasteiger partial charge in [-0.25, -0.2) is 14.8 Å². The van der Waals surface area contributed by atoms with Gasteiger partial charge in [0.1, 0.15) is 5.69 Å². The van der Waals surface area contributed by atoms with Gasteiger partial charge in [0.15, 0.2) is 5.65 Å². The maximum absolute atomic E-state index is 13.4. The predicted octanol–water partition coefficient (Wildman–Crippen LogP) is 3.32. The second-order valence-corrected chi connectivity index (χ2v) is 8.90. The summed E-state index contributed by atoms with van der Waals surface area (Å²) in [6.07, 6.45) is 8.71. The van der Waals surface area contributed by atoms with E-state index in [1.54, 1.807) is 22.0 Å². The molecule has 3 aromatic heterocycles. The second-order valence-electron chi connectivity index (χ2n) is 8.18. The largest absolute Gasteiger partial charge is 0.335 e. The van der Waals surface area contributed by atoms with E-state index in [1.165, 1.54) is 43.4 Å². The molecular formula is C21H25N5O2S. The molecule has 8 heteroatoms. The van der Waals surface area contributed by atoms with Crippen molar-refractivity contribution >= 4 is 28.4 Å². The van der Waals surface area contributed by atoms with E-state index in [0.29, 0.717) is 24.7 Å². The van der Waals surface area contributed by atoms with Gasteiger partial charge in [0.25, 0.3) is 5.91 Å². The fourth-order valence-corrected chi connectivity index (χ4v) is 5.38. The Morgan fingerprint density at radius 2 is 2.03 bits per heavy atom. The van der Waals surface area contributed by atoms with Crippen LogP contribution in [0.25, 0.3) is 11.2 Å². The number of carbonyl (C=O) groups excluding carboxylic acids is 1. The number of nitrogens with zero attached hydrogens (tertiary/aromatic N) is 5. The zero-order valence-corrected chi connectivity index (χ0v) is 17.2. The lowest BCUT2D eigenvalue weighted by atomic mass is 9.89. The molecule has 0 N–H and O–H groups in total. The van der Waals surface area contributed by atoms with Crippen molar-refractivity contribution in [3.05, 3.63) is 45.4 Å². The van der Waals surface area contributed by atoms with Crippen molar-refractivity contribution in [3.8, 4) is 0 Å². The van der Waals surface area contributed by atoms with Gasteiger partial charge in [-0.2, -0.15) is 0 Å². The monoisotopic (exact) mass is 411 g/mol. The standard InChI is InChI=1S/C21H25N5O2S/c27-20(17-13-29-14-23-17)24-10-8-16(12-24)26-19-18(7-4-9-22-19)25(21(26)28)11-15-5-2-1-3-6-15/h4,7,9,13-16H,1-3,5-6,8,10-12H2/t16-/m1/s1. The molecule has 3 aromatic rings. The average Bonchev–Trinajstić information content (AvgIpc) is 3.49. The van der Waals surface area contributed by atoms with Gasteiger partial charge in [0.2, 0.25) is 0 Å². The van der Waals surface area contributed by atoms with Gasteiger partial charge in [0.05, 0.1) is 17.1 Å². The SMILES string of the molecule is O=C(c1cscn1)N1CC[C@@H](n2c(=O)n(CC3CCCCC3)c3cccnc32)C1. The molecule has 29 heavy (non-hydrogen) atoms. The van der Waals surface area contributed by atoms with E-state index in [1.807, 2.05) is 21.3 Å². The first-order chi connectivity index (χ1) is 14.2. The van der Waals surface area contributed by atoms with Gasteiger partial charge >= 0.3 is 5.69 Å². The van der Waals surface area contributed by atoms with Gasteiger partial charge in [-0.3, -0.25) is 13.9 Å². The number of thiazole rings is 1. The topological polar surface area (TPSA) is 73.0 Å². The van der Waals surface area contributed by atoms with Crippen molar-refractivity contribution in [2.24, 2.45) is 5.92 Å². The number of hydrogen-bond acceptors (Lipinski definition) is 5. The first kappa shape index (κ1) is 18.5. The molecule has 1 saturated carbocycles. The molecule has 2 fully saturated rings. The number of imidazole rings is 1.